The van der Waals surface area contributed by atoms with Crippen LogP contribution in [0.5, 0.6) is 0 Å². The van der Waals surface area contributed by atoms with Crippen molar-refractivity contribution in [1.29, 1.82) is 0 Å². The molecule has 0 spiro atoms. The van der Waals surface area contributed by atoms with E-state index in [0.717, 1.165) is 5.57 Å². The van der Waals surface area contributed by atoms with E-state index in [9.17, 15) is 24.6 Å². The van der Waals surface area contributed by atoms with Gasteiger partial charge in [-0.3, -0.25) is 14.4 Å². The Morgan fingerprint density at radius 2 is 1.97 bits per heavy atom. The van der Waals surface area contributed by atoms with Crippen molar-refractivity contribution in [2.45, 2.75) is 57.4 Å². The molecule has 0 saturated carbocycles. The molecule has 0 aliphatic carbocycles. The maximum atomic E-state index is 12.7. The first-order valence-electron chi connectivity index (χ1n) is 10.3. The van der Waals surface area contributed by atoms with Crippen molar-refractivity contribution >= 4 is 17.5 Å². The van der Waals surface area contributed by atoms with Crippen molar-refractivity contribution in [2.24, 2.45) is 11.8 Å². The summed E-state index contributed by atoms with van der Waals surface area (Å²) >= 11 is 0. The van der Waals surface area contributed by atoms with Gasteiger partial charge in [-0.1, -0.05) is 31.6 Å². The van der Waals surface area contributed by atoms with Crippen molar-refractivity contribution < 1.29 is 38.8 Å². The van der Waals surface area contributed by atoms with Crippen molar-refractivity contribution in [2.75, 3.05) is 13.2 Å². The van der Waals surface area contributed by atoms with E-state index in [0.29, 0.717) is 0 Å². The minimum atomic E-state index is -1.23. The highest BCUT2D eigenvalue weighted by Gasteiger charge is 2.78. The van der Waals surface area contributed by atoms with Gasteiger partial charge in [-0.2, -0.15) is 0 Å². The molecule has 4 aliphatic heterocycles. The van der Waals surface area contributed by atoms with Gasteiger partial charge in [0.15, 0.2) is 23.3 Å². The van der Waals surface area contributed by atoms with E-state index in [1.807, 2.05) is 26.8 Å². The van der Waals surface area contributed by atoms with Gasteiger partial charge < -0.3 is 29.7 Å². The van der Waals surface area contributed by atoms with Gasteiger partial charge in [0.1, 0.15) is 17.4 Å². The number of aliphatic hydroxyl groups is 2. The third kappa shape index (κ3) is 3.27. The second kappa shape index (κ2) is 7.37. The fourth-order valence-corrected chi connectivity index (χ4v) is 4.82. The largest absolute Gasteiger partial charge is 0.507 e. The molecule has 9 nitrogen and oxygen atoms in total. The average molecular weight is 433 g/mol. The lowest BCUT2D eigenvalue weighted by Gasteiger charge is -2.51. The van der Waals surface area contributed by atoms with Crippen molar-refractivity contribution in [3.05, 3.63) is 35.1 Å². The first-order valence-corrected chi connectivity index (χ1v) is 10.3. The topological polar surface area (TPSA) is 135 Å². The highest BCUT2D eigenvalue weighted by molar-refractivity contribution is 6.25. The van der Waals surface area contributed by atoms with Crippen molar-refractivity contribution in [1.82, 2.24) is 5.32 Å². The molecular weight excluding hydrogens is 406 g/mol. The van der Waals surface area contributed by atoms with Gasteiger partial charge in [-0.05, 0) is 19.9 Å². The maximum absolute atomic E-state index is 12.7. The zero-order valence-electron chi connectivity index (χ0n) is 17.9. The third-order valence-electron chi connectivity index (χ3n) is 6.67. The zero-order chi connectivity index (χ0) is 22.7. The summed E-state index contributed by atoms with van der Waals surface area (Å²) in [5.41, 5.74) is -0.637. The molecule has 0 aromatic rings. The molecule has 4 fully saturated rings. The molecule has 5 unspecified atom stereocenters. The minimum absolute atomic E-state index is 0.116. The van der Waals surface area contributed by atoms with Crippen molar-refractivity contribution in [3.63, 3.8) is 0 Å². The van der Waals surface area contributed by atoms with E-state index < -0.39 is 35.3 Å². The fraction of sp³-hybridized carbons (Fsp3) is 0.591. The molecule has 4 rings (SSSR count). The molecule has 0 radical (unpaired) electrons. The summed E-state index contributed by atoms with van der Waals surface area (Å²) in [5, 5.41) is 22.3. The van der Waals surface area contributed by atoms with E-state index in [4.69, 9.17) is 14.2 Å². The molecule has 4 saturated heterocycles. The number of fused-ring (bicyclic) bond motifs is 4. The van der Waals surface area contributed by atoms with Gasteiger partial charge in [-0.25, -0.2) is 0 Å². The first-order chi connectivity index (χ1) is 14.5. The van der Waals surface area contributed by atoms with Crippen LogP contribution >= 0.6 is 0 Å². The van der Waals surface area contributed by atoms with Gasteiger partial charge in [0.2, 0.25) is 5.79 Å². The molecule has 4 aliphatic rings. The Kier molecular flexibility index (Phi) is 5.20. The van der Waals surface area contributed by atoms with E-state index in [-0.39, 0.29) is 48.2 Å². The summed E-state index contributed by atoms with van der Waals surface area (Å²) in [4.78, 5) is 36.0. The van der Waals surface area contributed by atoms with Crippen LogP contribution in [0, 0.1) is 11.8 Å². The number of aliphatic hydroxyl groups excluding tert-OH is 2. The average Bonchev–Trinajstić information content (AvgIpc) is 3.40. The van der Waals surface area contributed by atoms with Crippen LogP contribution in [0.25, 0.3) is 0 Å². The molecular formula is C22H27NO8. The Bertz CT molecular complexity index is 918. The smallest absolute Gasteiger partial charge is 0.259 e. The lowest BCUT2D eigenvalue weighted by Crippen LogP contribution is -2.67. The number of Topliss-reactive ketones (excluding diaryl/α,β-unsaturated/α-hetero) is 2. The van der Waals surface area contributed by atoms with E-state index >= 15 is 0 Å². The summed E-state index contributed by atoms with van der Waals surface area (Å²) in [7, 11) is 0. The summed E-state index contributed by atoms with van der Waals surface area (Å²) in [5.74, 6) is -3.20. The Hall–Kier alpha value is -2.33. The Morgan fingerprint density at radius 1 is 1.26 bits per heavy atom. The van der Waals surface area contributed by atoms with E-state index in [2.05, 4.69) is 5.32 Å². The predicted molar refractivity (Wildman–Crippen MR) is 107 cm³/mol. The number of amides is 1. The molecule has 9 heteroatoms. The van der Waals surface area contributed by atoms with Crippen LogP contribution < -0.4 is 5.32 Å². The second-order valence-electron chi connectivity index (χ2n) is 8.84. The number of carbonyl (C=O) groups excluding carboxylic acids is 3. The molecule has 0 aromatic carbocycles. The zero-order valence-corrected chi connectivity index (χ0v) is 17.9. The number of rotatable bonds is 5. The van der Waals surface area contributed by atoms with Crippen molar-refractivity contribution in [3.8, 4) is 0 Å². The monoisotopic (exact) mass is 433 g/mol. The van der Waals surface area contributed by atoms with Gasteiger partial charge in [0.25, 0.3) is 5.91 Å². The van der Waals surface area contributed by atoms with Crippen LogP contribution in [0.3, 0.4) is 0 Å². The molecule has 1 amide bonds. The van der Waals surface area contributed by atoms with Crippen LogP contribution in [-0.4, -0.2) is 70.5 Å². The number of ether oxygens (including phenoxy) is 3. The highest BCUT2D eigenvalue weighted by Crippen LogP contribution is 2.57. The third-order valence-corrected chi connectivity index (χ3v) is 6.67. The van der Waals surface area contributed by atoms with E-state index in [1.165, 1.54) is 6.08 Å². The quantitative estimate of drug-likeness (QED) is 0.187. The molecule has 168 valence electrons. The number of epoxide rings is 1. The molecule has 0 aromatic heterocycles. The molecule has 3 N–H and O–H groups in total. The number of carbonyl (C=O) groups is 3. The molecule has 4 heterocycles. The number of hydrogen-bond acceptors (Lipinski definition) is 8. The number of nitrogens with one attached hydrogen (secondary N) is 1. The summed E-state index contributed by atoms with van der Waals surface area (Å²) in [6, 6.07) is 0. The number of ketones is 2. The Morgan fingerprint density at radius 3 is 2.58 bits per heavy atom. The molecule has 31 heavy (non-hydrogen) atoms. The maximum Gasteiger partial charge on any atom is 0.259 e. The normalized spacial score (nSPS) is 42.5. The molecule has 7 atom stereocenters. The second-order valence-corrected chi connectivity index (χ2v) is 8.84. The Balaban J connectivity index is 1.53. The first kappa shape index (κ1) is 21.9. The summed E-state index contributed by atoms with van der Waals surface area (Å²) < 4.78 is 17.8. The van der Waals surface area contributed by atoms with Gasteiger partial charge in [-0.15, -0.1) is 0 Å². The van der Waals surface area contributed by atoms with Crippen LogP contribution in [0.1, 0.15) is 27.7 Å². The van der Waals surface area contributed by atoms with E-state index in [1.54, 1.807) is 13.0 Å². The summed E-state index contributed by atoms with van der Waals surface area (Å²) in [6.07, 6.45) is 3.07. The standard InChI is InChI=1S/C22H27NO8/c1-10(5-6-13(25)15-14(26)8-23-20(15)28)7-11(2)17-12(3)18-16(27)19-22(9-24,31-19)21(4,29-17)30-18/h5-7,11-12,17-19,24-25H,8-9H2,1-4H3,(H,23,28)/b6-5+,10-7+,15-13+/t11-,12?,17?,18?,19?,21?,22+/m0/s1. The fourth-order valence-electron chi connectivity index (χ4n) is 4.82. The molecule has 2 bridgehead atoms. The van der Waals surface area contributed by atoms with Gasteiger partial charge in [0.05, 0.1) is 19.3 Å². The predicted octanol–water partition coefficient (Wildman–Crippen LogP) is 0.485. The minimum Gasteiger partial charge on any atom is -0.507 e. The summed E-state index contributed by atoms with van der Waals surface area (Å²) in [6.45, 7) is 6.84. The van der Waals surface area contributed by atoms with Gasteiger partial charge >= 0.3 is 0 Å². The van der Waals surface area contributed by atoms with Crippen LogP contribution in [0.15, 0.2) is 35.1 Å². The lowest BCUT2D eigenvalue weighted by atomic mass is 9.78. The van der Waals surface area contributed by atoms with Crippen LogP contribution in [-0.2, 0) is 28.6 Å². The highest BCUT2D eigenvalue weighted by atomic mass is 16.8. The lowest BCUT2D eigenvalue weighted by molar-refractivity contribution is -0.355. The van der Waals surface area contributed by atoms with Crippen LogP contribution in [0.2, 0.25) is 0 Å². The number of hydrogen-bond donors (Lipinski definition) is 3. The Labute approximate surface area is 179 Å². The SMILES string of the molecule is CC(/C=C/C(O)=C1/C(=O)CNC1=O)=C\[C@H](C)C1OC2(C)OC(C(=O)C3O[C@]32CO)C1C. The van der Waals surface area contributed by atoms with Gasteiger partial charge in [0, 0.05) is 11.8 Å². The number of allylic oxidation sites excluding steroid dienone is 3. The van der Waals surface area contributed by atoms with Crippen LogP contribution in [0.4, 0.5) is 0 Å².